The Hall–Kier alpha value is -3.41. The van der Waals surface area contributed by atoms with E-state index in [1.807, 2.05) is 79.7 Å². The van der Waals surface area contributed by atoms with Crippen LogP contribution in [0.3, 0.4) is 0 Å². The molecule has 4 aromatic rings. The SMILES string of the molecule is CCOCOc1ccc(C(c2ccc(OCOC)cc2)c2c(S(=O)(=O)N3CCOCC3)[nH]c3ccccc23)cc1. The molecule has 0 radical (unpaired) electrons. The maximum absolute atomic E-state index is 14.1. The van der Waals surface area contributed by atoms with Crippen LogP contribution in [0.25, 0.3) is 10.9 Å². The minimum Gasteiger partial charge on any atom is -0.468 e. The van der Waals surface area contributed by atoms with Crippen molar-refractivity contribution >= 4 is 20.9 Å². The van der Waals surface area contributed by atoms with E-state index >= 15 is 0 Å². The van der Waals surface area contributed by atoms with Crippen LogP contribution in [0.1, 0.15) is 29.5 Å². The number of rotatable bonds is 12. The maximum atomic E-state index is 14.1. The summed E-state index contributed by atoms with van der Waals surface area (Å²) in [5.41, 5.74) is 3.27. The van der Waals surface area contributed by atoms with Gasteiger partial charge in [0.2, 0.25) is 0 Å². The Morgan fingerprint density at radius 3 is 2.08 bits per heavy atom. The van der Waals surface area contributed by atoms with Crippen LogP contribution in [0, 0.1) is 0 Å². The van der Waals surface area contributed by atoms with E-state index < -0.39 is 15.9 Å². The quantitative estimate of drug-likeness (QED) is 0.196. The van der Waals surface area contributed by atoms with Gasteiger partial charge in [-0.3, -0.25) is 0 Å². The molecule has 1 unspecified atom stereocenters. The number of benzene rings is 3. The van der Waals surface area contributed by atoms with Crippen LogP contribution < -0.4 is 9.47 Å². The first-order valence-electron chi connectivity index (χ1n) is 13.2. The van der Waals surface area contributed by atoms with E-state index in [-0.39, 0.29) is 18.6 Å². The molecule has 1 aliphatic heterocycles. The van der Waals surface area contributed by atoms with Gasteiger partial charge in [0, 0.05) is 49.2 Å². The van der Waals surface area contributed by atoms with E-state index in [0.717, 1.165) is 22.0 Å². The lowest BCUT2D eigenvalue weighted by molar-refractivity contribution is 0.0224. The minimum absolute atomic E-state index is 0.135. The molecule has 40 heavy (non-hydrogen) atoms. The summed E-state index contributed by atoms with van der Waals surface area (Å²) in [4.78, 5) is 3.25. The predicted molar refractivity (Wildman–Crippen MR) is 151 cm³/mol. The normalized spacial score (nSPS) is 15.2. The molecule has 1 aliphatic rings. The zero-order chi connectivity index (χ0) is 28.0. The molecule has 9 nitrogen and oxygen atoms in total. The third-order valence-electron chi connectivity index (χ3n) is 6.85. The van der Waals surface area contributed by atoms with Crippen LogP contribution in [0.15, 0.2) is 77.8 Å². The molecule has 1 fully saturated rings. The van der Waals surface area contributed by atoms with Crippen molar-refractivity contribution < 1.29 is 32.1 Å². The topological polar surface area (TPSA) is 99.3 Å². The highest BCUT2D eigenvalue weighted by Crippen LogP contribution is 2.42. The summed E-state index contributed by atoms with van der Waals surface area (Å²) >= 11 is 0. The number of hydrogen-bond donors (Lipinski definition) is 1. The van der Waals surface area contributed by atoms with Gasteiger partial charge in [-0.25, -0.2) is 8.42 Å². The van der Waals surface area contributed by atoms with Gasteiger partial charge in [-0.1, -0.05) is 42.5 Å². The third-order valence-corrected chi connectivity index (χ3v) is 8.73. The summed E-state index contributed by atoms with van der Waals surface area (Å²) < 4.78 is 56.7. The van der Waals surface area contributed by atoms with Crippen LogP contribution in [0.5, 0.6) is 11.5 Å². The van der Waals surface area contributed by atoms with E-state index in [1.165, 1.54) is 4.31 Å². The second-order valence-corrected chi connectivity index (χ2v) is 11.2. The summed E-state index contributed by atoms with van der Waals surface area (Å²) in [6.45, 7) is 4.10. The monoisotopic (exact) mass is 566 g/mol. The number of methoxy groups -OCH3 is 1. The molecule has 2 heterocycles. The Morgan fingerprint density at radius 2 is 1.48 bits per heavy atom. The predicted octanol–water partition coefficient (Wildman–Crippen LogP) is 4.72. The van der Waals surface area contributed by atoms with Gasteiger partial charge in [-0.05, 0) is 48.4 Å². The van der Waals surface area contributed by atoms with E-state index in [9.17, 15) is 8.42 Å². The number of aromatic nitrogens is 1. The van der Waals surface area contributed by atoms with E-state index in [2.05, 4.69) is 4.98 Å². The molecular formula is C30H34N2O7S. The fraction of sp³-hybridized carbons (Fsp3) is 0.333. The first-order valence-corrected chi connectivity index (χ1v) is 14.7. The summed E-state index contributed by atoms with van der Waals surface area (Å²) in [7, 11) is -2.27. The number of morpholine rings is 1. The second kappa shape index (κ2) is 12.8. The fourth-order valence-electron chi connectivity index (χ4n) is 4.90. The summed E-state index contributed by atoms with van der Waals surface area (Å²) in [5, 5.41) is 1.03. The van der Waals surface area contributed by atoms with Crippen molar-refractivity contribution in [2.75, 3.05) is 53.6 Å². The number of fused-ring (bicyclic) bond motifs is 1. The molecule has 1 N–H and O–H groups in total. The number of sulfonamides is 1. The zero-order valence-corrected chi connectivity index (χ0v) is 23.5. The van der Waals surface area contributed by atoms with Crippen molar-refractivity contribution in [1.82, 2.24) is 9.29 Å². The molecule has 3 aromatic carbocycles. The lowest BCUT2D eigenvalue weighted by Gasteiger charge is -2.27. The van der Waals surface area contributed by atoms with Crippen molar-refractivity contribution in [3.8, 4) is 11.5 Å². The van der Waals surface area contributed by atoms with Gasteiger partial charge >= 0.3 is 0 Å². The van der Waals surface area contributed by atoms with Gasteiger partial charge in [0.15, 0.2) is 18.6 Å². The van der Waals surface area contributed by atoms with Crippen LogP contribution in [0.4, 0.5) is 0 Å². The standard InChI is InChI=1S/C30H34N2O7S/c1-3-36-21-39-25-14-10-23(11-15-25)28(22-8-12-24(13-9-22)38-20-35-2)29-26-6-4-5-7-27(26)31-30(29)40(33,34)32-16-18-37-19-17-32/h4-15,28,31H,3,16-21H2,1-2H3. The number of nitrogens with zero attached hydrogens (tertiary/aromatic N) is 1. The molecule has 0 bridgehead atoms. The molecule has 5 rings (SSSR count). The number of hydrogen-bond acceptors (Lipinski definition) is 7. The van der Waals surface area contributed by atoms with Gasteiger partial charge in [-0.15, -0.1) is 0 Å². The summed E-state index contributed by atoms with van der Waals surface area (Å²) in [6, 6.07) is 23.0. The lowest BCUT2D eigenvalue weighted by Crippen LogP contribution is -2.41. The van der Waals surface area contributed by atoms with Crippen molar-refractivity contribution in [2.24, 2.45) is 0 Å². The molecule has 0 amide bonds. The largest absolute Gasteiger partial charge is 0.468 e. The Kier molecular flexibility index (Phi) is 9.03. The molecule has 0 aliphatic carbocycles. The lowest BCUT2D eigenvalue weighted by atomic mass is 9.85. The molecule has 0 spiro atoms. The van der Waals surface area contributed by atoms with Gasteiger partial charge in [0.05, 0.1) is 13.2 Å². The molecule has 1 saturated heterocycles. The fourth-order valence-corrected chi connectivity index (χ4v) is 6.54. The number of ether oxygens (including phenoxy) is 5. The summed E-state index contributed by atoms with van der Waals surface area (Å²) in [5.74, 6) is 0.919. The summed E-state index contributed by atoms with van der Waals surface area (Å²) in [6.07, 6.45) is 0. The Morgan fingerprint density at radius 1 is 0.875 bits per heavy atom. The number of aromatic amines is 1. The van der Waals surface area contributed by atoms with Gasteiger partial charge in [-0.2, -0.15) is 4.31 Å². The number of H-pyrrole nitrogens is 1. The first kappa shape index (κ1) is 28.1. The Balaban J connectivity index is 1.65. The van der Waals surface area contributed by atoms with Gasteiger partial charge in [0.25, 0.3) is 10.0 Å². The highest BCUT2D eigenvalue weighted by Gasteiger charge is 2.35. The molecule has 1 atom stereocenters. The average molecular weight is 567 g/mol. The second-order valence-electron chi connectivity index (χ2n) is 9.31. The maximum Gasteiger partial charge on any atom is 0.259 e. The molecule has 0 saturated carbocycles. The smallest absolute Gasteiger partial charge is 0.259 e. The van der Waals surface area contributed by atoms with E-state index in [1.54, 1.807) is 7.11 Å². The van der Waals surface area contributed by atoms with Crippen molar-refractivity contribution in [3.63, 3.8) is 0 Å². The number of para-hydroxylation sites is 1. The minimum atomic E-state index is -3.84. The van der Waals surface area contributed by atoms with Crippen LogP contribution in [-0.4, -0.2) is 71.3 Å². The molecular weight excluding hydrogens is 532 g/mol. The molecule has 1 aromatic heterocycles. The molecule has 10 heteroatoms. The van der Waals surface area contributed by atoms with E-state index in [4.69, 9.17) is 23.7 Å². The Labute approximate surface area is 234 Å². The van der Waals surface area contributed by atoms with Crippen molar-refractivity contribution in [3.05, 3.63) is 89.5 Å². The van der Waals surface area contributed by atoms with Crippen molar-refractivity contribution in [1.29, 1.82) is 0 Å². The third kappa shape index (κ3) is 6.01. The van der Waals surface area contributed by atoms with Crippen LogP contribution in [-0.2, 0) is 24.2 Å². The van der Waals surface area contributed by atoms with E-state index in [0.29, 0.717) is 50.0 Å². The van der Waals surface area contributed by atoms with Crippen LogP contribution in [0.2, 0.25) is 0 Å². The van der Waals surface area contributed by atoms with Gasteiger partial charge in [0.1, 0.15) is 11.5 Å². The average Bonchev–Trinajstić information content (AvgIpc) is 3.38. The van der Waals surface area contributed by atoms with Crippen LogP contribution >= 0.6 is 0 Å². The molecule has 212 valence electrons. The highest BCUT2D eigenvalue weighted by molar-refractivity contribution is 7.89. The first-order chi connectivity index (χ1) is 19.5. The zero-order valence-electron chi connectivity index (χ0n) is 22.7. The highest BCUT2D eigenvalue weighted by atomic mass is 32.2. The van der Waals surface area contributed by atoms with Gasteiger partial charge < -0.3 is 28.7 Å². The van der Waals surface area contributed by atoms with Crippen molar-refractivity contribution in [2.45, 2.75) is 17.9 Å². The number of nitrogens with one attached hydrogen (secondary N) is 1. The Bertz CT molecular complexity index is 1500.